The van der Waals surface area contributed by atoms with Crippen molar-refractivity contribution >= 4 is 17.6 Å². The van der Waals surface area contributed by atoms with Gasteiger partial charge >= 0.3 is 6.03 Å². The van der Waals surface area contributed by atoms with Gasteiger partial charge in [-0.3, -0.25) is 0 Å². The molecular weight excluding hydrogens is 304 g/mol. The second-order valence-electron chi connectivity index (χ2n) is 6.21. The average Bonchev–Trinajstić information content (AvgIpc) is 2.42. The topological polar surface area (TPSA) is 70.6 Å². The van der Waals surface area contributed by atoms with Crippen molar-refractivity contribution in [3.63, 3.8) is 0 Å². The molecule has 22 heavy (non-hydrogen) atoms. The lowest BCUT2D eigenvalue weighted by atomic mass is 9.87. The summed E-state index contributed by atoms with van der Waals surface area (Å²) in [5.41, 5.74) is 0.646. The number of urea groups is 1. The Balaban J connectivity index is 2.48. The van der Waals surface area contributed by atoms with E-state index in [9.17, 15) is 9.90 Å². The largest absolute Gasteiger partial charge is 0.496 e. The van der Waals surface area contributed by atoms with Gasteiger partial charge in [-0.05, 0) is 37.0 Å². The Bertz CT molecular complexity index is 504. The van der Waals surface area contributed by atoms with E-state index >= 15 is 0 Å². The van der Waals surface area contributed by atoms with Gasteiger partial charge in [0.2, 0.25) is 0 Å². The Hall–Kier alpha value is -1.46. The van der Waals surface area contributed by atoms with E-state index in [4.69, 9.17) is 16.3 Å². The number of nitrogens with one attached hydrogen (secondary N) is 2. The predicted molar refractivity (Wildman–Crippen MR) is 88.3 cm³/mol. The summed E-state index contributed by atoms with van der Waals surface area (Å²) in [4.78, 5) is 11.9. The minimum absolute atomic E-state index is 0.167. The van der Waals surface area contributed by atoms with E-state index in [0.29, 0.717) is 30.3 Å². The number of carbonyl (C=O) groups is 1. The van der Waals surface area contributed by atoms with Gasteiger partial charge in [0.25, 0.3) is 0 Å². The zero-order valence-corrected chi connectivity index (χ0v) is 14.3. The Kier molecular flexibility index (Phi) is 6.97. The quantitative estimate of drug-likeness (QED) is 0.720. The highest BCUT2D eigenvalue weighted by Crippen LogP contribution is 2.23. The molecule has 0 radical (unpaired) electrons. The van der Waals surface area contributed by atoms with Gasteiger partial charge in [-0.1, -0.05) is 25.4 Å². The fourth-order valence-corrected chi connectivity index (χ4v) is 2.51. The summed E-state index contributed by atoms with van der Waals surface area (Å²) < 4.78 is 5.23. The first kappa shape index (κ1) is 18.6. The Morgan fingerprint density at radius 2 is 2.09 bits per heavy atom. The van der Waals surface area contributed by atoms with E-state index < -0.39 is 6.10 Å². The van der Waals surface area contributed by atoms with Gasteiger partial charge < -0.3 is 20.5 Å². The first-order valence-electron chi connectivity index (χ1n) is 7.26. The lowest BCUT2D eigenvalue weighted by molar-refractivity contribution is 0.129. The van der Waals surface area contributed by atoms with Crippen LogP contribution in [0.25, 0.3) is 0 Å². The van der Waals surface area contributed by atoms with Crippen LogP contribution in [0.3, 0.4) is 0 Å². The summed E-state index contributed by atoms with van der Waals surface area (Å²) in [5.74, 6) is 0.680. The van der Waals surface area contributed by atoms with Crippen molar-refractivity contribution < 1.29 is 14.6 Å². The van der Waals surface area contributed by atoms with Crippen LogP contribution >= 0.6 is 11.6 Å². The molecule has 1 rings (SSSR count). The van der Waals surface area contributed by atoms with Gasteiger partial charge in [-0.15, -0.1) is 0 Å². The molecule has 124 valence electrons. The Morgan fingerprint density at radius 3 is 2.68 bits per heavy atom. The second-order valence-corrected chi connectivity index (χ2v) is 6.65. The molecule has 0 bridgehead atoms. The number of benzene rings is 1. The fourth-order valence-electron chi connectivity index (χ4n) is 2.31. The van der Waals surface area contributed by atoms with Gasteiger partial charge in [-0.2, -0.15) is 0 Å². The molecule has 6 heteroatoms. The highest BCUT2D eigenvalue weighted by atomic mass is 35.5. The molecule has 0 aromatic heterocycles. The smallest absolute Gasteiger partial charge is 0.315 e. The van der Waals surface area contributed by atoms with Gasteiger partial charge in [0, 0.05) is 23.7 Å². The van der Waals surface area contributed by atoms with E-state index in [-0.39, 0.29) is 11.4 Å². The van der Waals surface area contributed by atoms with Crippen LogP contribution in [0.4, 0.5) is 4.79 Å². The molecule has 0 aliphatic carbocycles. The van der Waals surface area contributed by atoms with E-state index in [0.717, 1.165) is 5.56 Å². The molecule has 0 fully saturated rings. The van der Waals surface area contributed by atoms with Crippen LogP contribution in [0.15, 0.2) is 18.2 Å². The first-order valence-corrected chi connectivity index (χ1v) is 7.63. The SMILES string of the molecule is COc1ccc(Cl)cc1CNC(=O)NCC(C)(C)CC(C)O. The average molecular weight is 329 g/mol. The lowest BCUT2D eigenvalue weighted by Crippen LogP contribution is -2.41. The third-order valence-electron chi connectivity index (χ3n) is 3.26. The maximum Gasteiger partial charge on any atom is 0.315 e. The first-order chi connectivity index (χ1) is 10.2. The third-order valence-corrected chi connectivity index (χ3v) is 3.49. The Morgan fingerprint density at radius 1 is 1.41 bits per heavy atom. The normalized spacial score (nSPS) is 12.6. The van der Waals surface area contributed by atoms with E-state index in [1.807, 2.05) is 13.8 Å². The van der Waals surface area contributed by atoms with Gasteiger partial charge in [0.05, 0.1) is 13.2 Å². The summed E-state index contributed by atoms with van der Waals surface area (Å²) in [7, 11) is 1.57. The third kappa shape index (κ3) is 6.54. The number of amides is 2. The standard InChI is InChI=1S/C16H25ClN2O3/c1-11(20)8-16(2,3)10-19-15(21)18-9-12-7-13(17)5-6-14(12)22-4/h5-7,11,20H,8-10H2,1-4H3,(H2,18,19,21). The maximum absolute atomic E-state index is 11.9. The minimum atomic E-state index is -0.393. The second kappa shape index (κ2) is 8.25. The predicted octanol–water partition coefficient (Wildman–Crippen LogP) is 2.94. The van der Waals surface area contributed by atoms with Gasteiger partial charge in [0.15, 0.2) is 0 Å². The zero-order chi connectivity index (χ0) is 16.8. The molecule has 2 amide bonds. The molecule has 0 spiro atoms. The minimum Gasteiger partial charge on any atom is -0.496 e. The van der Waals surface area contributed by atoms with Crippen molar-refractivity contribution in [2.75, 3.05) is 13.7 Å². The number of halogens is 1. The molecule has 1 aromatic rings. The maximum atomic E-state index is 11.9. The van der Waals surface area contributed by atoms with E-state index in [2.05, 4.69) is 10.6 Å². The van der Waals surface area contributed by atoms with Crippen LogP contribution < -0.4 is 15.4 Å². The molecule has 0 saturated heterocycles. The lowest BCUT2D eigenvalue weighted by Gasteiger charge is -2.26. The molecule has 0 aliphatic rings. The molecule has 1 aromatic carbocycles. The molecule has 0 heterocycles. The highest BCUT2D eigenvalue weighted by Gasteiger charge is 2.21. The summed E-state index contributed by atoms with van der Waals surface area (Å²) in [5, 5.41) is 15.6. The number of aliphatic hydroxyl groups is 1. The van der Waals surface area contributed by atoms with Gasteiger partial charge in [-0.25, -0.2) is 4.79 Å². The van der Waals surface area contributed by atoms with E-state index in [1.165, 1.54) is 0 Å². The number of methoxy groups -OCH3 is 1. The molecule has 1 unspecified atom stereocenters. The molecule has 0 saturated carbocycles. The number of rotatable bonds is 7. The summed E-state index contributed by atoms with van der Waals surface area (Å²) in [6.07, 6.45) is 0.227. The molecule has 3 N–H and O–H groups in total. The summed E-state index contributed by atoms with van der Waals surface area (Å²) in [6.45, 7) is 6.55. The van der Waals surface area contributed by atoms with Crippen molar-refractivity contribution in [2.24, 2.45) is 5.41 Å². The number of hydrogen-bond donors (Lipinski definition) is 3. The molecular formula is C16H25ClN2O3. The summed E-state index contributed by atoms with van der Waals surface area (Å²) in [6, 6.07) is 5.00. The van der Waals surface area contributed by atoms with E-state index in [1.54, 1.807) is 32.2 Å². The molecule has 0 aliphatic heterocycles. The van der Waals surface area contributed by atoms with Crippen LogP contribution in [0.1, 0.15) is 32.8 Å². The number of ether oxygens (including phenoxy) is 1. The van der Waals surface area contributed by atoms with Crippen LogP contribution in [0, 0.1) is 5.41 Å². The van der Waals surface area contributed by atoms with Crippen molar-refractivity contribution in [1.82, 2.24) is 10.6 Å². The van der Waals surface area contributed by atoms with Gasteiger partial charge in [0.1, 0.15) is 5.75 Å². The number of carbonyl (C=O) groups excluding carboxylic acids is 1. The zero-order valence-electron chi connectivity index (χ0n) is 13.6. The van der Waals surface area contributed by atoms with Crippen molar-refractivity contribution in [2.45, 2.75) is 39.8 Å². The number of aliphatic hydroxyl groups excluding tert-OH is 1. The monoisotopic (exact) mass is 328 g/mol. The number of hydrogen-bond acceptors (Lipinski definition) is 3. The fraction of sp³-hybridized carbons (Fsp3) is 0.562. The molecule has 5 nitrogen and oxygen atoms in total. The van der Waals surface area contributed by atoms with Crippen LogP contribution in [0.2, 0.25) is 5.02 Å². The van der Waals surface area contributed by atoms with Crippen LogP contribution in [-0.2, 0) is 6.54 Å². The Labute approximate surface area is 137 Å². The summed E-state index contributed by atoms with van der Waals surface area (Å²) >= 11 is 5.95. The highest BCUT2D eigenvalue weighted by molar-refractivity contribution is 6.30. The van der Waals surface area contributed by atoms with Crippen molar-refractivity contribution in [3.8, 4) is 5.75 Å². The molecule has 1 atom stereocenters. The van der Waals surface area contributed by atoms with Crippen molar-refractivity contribution in [1.29, 1.82) is 0 Å². The van der Waals surface area contributed by atoms with Crippen LogP contribution in [-0.4, -0.2) is 30.9 Å². The van der Waals surface area contributed by atoms with Crippen LogP contribution in [0.5, 0.6) is 5.75 Å². The van der Waals surface area contributed by atoms with Crippen molar-refractivity contribution in [3.05, 3.63) is 28.8 Å².